The molecule has 0 aromatic heterocycles. The molecule has 0 radical (unpaired) electrons. The molecule has 0 N–H and O–H groups in total. The Balaban J connectivity index is 2.03. The number of methoxy groups -OCH3 is 1. The first kappa shape index (κ1) is 25.1. The molecule has 3 rings (SSSR count). The summed E-state index contributed by atoms with van der Waals surface area (Å²) in [5.41, 5.74) is -0.545. The van der Waals surface area contributed by atoms with E-state index in [1.54, 1.807) is 36.4 Å². The second-order valence-corrected chi connectivity index (χ2v) is 8.04. The van der Waals surface area contributed by atoms with Crippen molar-refractivity contribution >= 4 is 44.9 Å². The number of rotatable bonds is 6. The van der Waals surface area contributed by atoms with Crippen LogP contribution in [0.15, 0.2) is 59.1 Å². The monoisotopic (exact) mass is 552 g/mol. The lowest BCUT2D eigenvalue weighted by Gasteiger charge is -2.14. The van der Waals surface area contributed by atoms with E-state index in [1.807, 2.05) is 0 Å². The molecule has 0 saturated carbocycles. The van der Waals surface area contributed by atoms with Crippen molar-refractivity contribution in [1.29, 1.82) is 5.26 Å². The molecule has 11 heteroatoms. The Hall–Kier alpha value is -3.55. The molecule has 0 fully saturated rings. The lowest BCUT2D eigenvalue weighted by atomic mass is 10.0. The van der Waals surface area contributed by atoms with Gasteiger partial charge in [-0.05, 0) is 69.5 Å². The quantitative estimate of drug-likeness (QED) is 0.134. The van der Waals surface area contributed by atoms with E-state index in [-0.39, 0.29) is 11.5 Å². The van der Waals surface area contributed by atoms with Crippen molar-refractivity contribution in [2.45, 2.75) is 6.18 Å². The van der Waals surface area contributed by atoms with Crippen LogP contribution in [0.3, 0.4) is 0 Å². The maximum absolute atomic E-state index is 13.0. The van der Waals surface area contributed by atoms with Crippen molar-refractivity contribution < 1.29 is 27.6 Å². The minimum atomic E-state index is -4.75. The minimum Gasteiger partial charge on any atom is -0.493 e. The zero-order chi connectivity index (χ0) is 25.0. The van der Waals surface area contributed by atoms with E-state index < -0.39 is 28.1 Å². The smallest absolute Gasteiger partial charge is 0.416 e. The zero-order valence-electron chi connectivity index (χ0n) is 17.2. The molecule has 0 bridgehead atoms. The number of allylic oxidation sites excluding steroid dienone is 1. The number of halogens is 5. The number of alkyl halides is 3. The van der Waals surface area contributed by atoms with Crippen LogP contribution in [-0.4, -0.2) is 12.0 Å². The van der Waals surface area contributed by atoms with Gasteiger partial charge in [0.25, 0.3) is 0 Å². The highest BCUT2D eigenvalue weighted by molar-refractivity contribution is 9.10. The van der Waals surface area contributed by atoms with Gasteiger partial charge in [0.15, 0.2) is 11.5 Å². The summed E-state index contributed by atoms with van der Waals surface area (Å²) in [7, 11) is 1.33. The van der Waals surface area contributed by atoms with Gasteiger partial charge in [-0.2, -0.15) is 18.4 Å². The lowest BCUT2D eigenvalue weighted by molar-refractivity contribution is -0.385. The summed E-state index contributed by atoms with van der Waals surface area (Å²) in [6.07, 6.45) is -3.17. The van der Waals surface area contributed by atoms with Crippen LogP contribution in [0, 0.1) is 21.4 Å². The number of nitro benzene ring substituents is 1. The Kier molecular flexibility index (Phi) is 7.49. The topological polar surface area (TPSA) is 85.4 Å². The highest BCUT2D eigenvalue weighted by Crippen LogP contribution is 2.44. The van der Waals surface area contributed by atoms with Gasteiger partial charge in [-0.25, -0.2) is 0 Å². The molecule has 6 nitrogen and oxygen atoms in total. The number of nitrogens with zero attached hydrogens (tertiary/aromatic N) is 2. The van der Waals surface area contributed by atoms with Gasteiger partial charge in [0, 0.05) is 11.1 Å². The largest absolute Gasteiger partial charge is 0.493 e. The highest BCUT2D eigenvalue weighted by Gasteiger charge is 2.33. The van der Waals surface area contributed by atoms with E-state index >= 15 is 0 Å². The third-order valence-corrected chi connectivity index (χ3v) is 5.37. The third kappa shape index (κ3) is 5.68. The van der Waals surface area contributed by atoms with E-state index in [9.17, 15) is 28.5 Å². The summed E-state index contributed by atoms with van der Waals surface area (Å²) >= 11 is 9.19. The number of benzene rings is 3. The van der Waals surface area contributed by atoms with Gasteiger partial charge in [-0.15, -0.1) is 0 Å². The molecule has 0 amide bonds. The average molecular weight is 554 g/mol. The van der Waals surface area contributed by atoms with Gasteiger partial charge >= 0.3 is 11.9 Å². The summed E-state index contributed by atoms with van der Waals surface area (Å²) in [4.78, 5) is 10.4. The van der Waals surface area contributed by atoms with Gasteiger partial charge in [-0.1, -0.05) is 23.7 Å². The Bertz CT molecular complexity index is 1320. The van der Waals surface area contributed by atoms with E-state index in [0.717, 1.165) is 6.07 Å². The van der Waals surface area contributed by atoms with Crippen LogP contribution in [0.5, 0.6) is 17.2 Å². The van der Waals surface area contributed by atoms with Crippen molar-refractivity contribution in [2.24, 2.45) is 0 Å². The number of hydrogen-bond acceptors (Lipinski definition) is 5. The van der Waals surface area contributed by atoms with Crippen LogP contribution >= 0.6 is 27.5 Å². The molecule has 0 aliphatic carbocycles. The van der Waals surface area contributed by atoms with Gasteiger partial charge in [-0.3, -0.25) is 10.1 Å². The summed E-state index contributed by atoms with van der Waals surface area (Å²) in [6, 6.07) is 13.8. The molecular weight excluding hydrogens is 541 g/mol. The Morgan fingerprint density at radius 3 is 2.38 bits per heavy atom. The van der Waals surface area contributed by atoms with Crippen LogP contribution in [0.2, 0.25) is 5.02 Å². The van der Waals surface area contributed by atoms with Gasteiger partial charge in [0.2, 0.25) is 5.75 Å². The van der Waals surface area contributed by atoms with E-state index in [0.29, 0.717) is 38.3 Å². The van der Waals surface area contributed by atoms with Crippen molar-refractivity contribution in [3.63, 3.8) is 0 Å². The van der Waals surface area contributed by atoms with E-state index in [2.05, 4.69) is 22.0 Å². The molecule has 3 aromatic rings. The van der Waals surface area contributed by atoms with Crippen LogP contribution < -0.4 is 9.47 Å². The van der Waals surface area contributed by atoms with Crippen molar-refractivity contribution in [1.82, 2.24) is 0 Å². The minimum absolute atomic E-state index is 0.00695. The Labute approximate surface area is 205 Å². The molecule has 0 heterocycles. The van der Waals surface area contributed by atoms with Crippen LogP contribution in [0.1, 0.15) is 16.7 Å². The van der Waals surface area contributed by atoms with Gasteiger partial charge < -0.3 is 9.47 Å². The SMILES string of the molecule is COc1cc(/C=C(\C#N)c2ccc(Cl)cc2)cc(Br)c1Oc1ccc(C(F)(F)F)cc1[N+](=O)[O-]. The molecule has 0 spiro atoms. The first-order chi connectivity index (χ1) is 16.0. The summed E-state index contributed by atoms with van der Waals surface area (Å²) in [5.74, 6) is -0.269. The molecule has 34 heavy (non-hydrogen) atoms. The van der Waals surface area contributed by atoms with E-state index in [1.165, 1.54) is 13.2 Å². The molecule has 3 aromatic carbocycles. The number of hydrogen-bond donors (Lipinski definition) is 0. The second-order valence-electron chi connectivity index (χ2n) is 6.75. The first-order valence-electron chi connectivity index (χ1n) is 9.32. The molecule has 0 aliphatic heterocycles. The lowest BCUT2D eigenvalue weighted by Crippen LogP contribution is -2.06. The van der Waals surface area contributed by atoms with E-state index in [4.69, 9.17) is 21.1 Å². The van der Waals surface area contributed by atoms with Crippen LogP contribution in [0.25, 0.3) is 11.6 Å². The fraction of sp³-hybridized carbons (Fsp3) is 0.0870. The number of nitriles is 1. The average Bonchev–Trinajstić information content (AvgIpc) is 2.78. The Morgan fingerprint density at radius 2 is 1.82 bits per heavy atom. The van der Waals surface area contributed by atoms with Crippen LogP contribution in [0.4, 0.5) is 18.9 Å². The van der Waals surface area contributed by atoms with Crippen molar-refractivity contribution in [3.05, 3.63) is 90.9 Å². The molecule has 0 saturated heterocycles. The highest BCUT2D eigenvalue weighted by atomic mass is 79.9. The fourth-order valence-corrected chi connectivity index (χ4v) is 3.60. The maximum atomic E-state index is 13.0. The molecule has 0 aliphatic rings. The zero-order valence-corrected chi connectivity index (χ0v) is 19.5. The molecule has 174 valence electrons. The number of nitro groups is 1. The predicted molar refractivity (Wildman–Crippen MR) is 124 cm³/mol. The predicted octanol–water partition coefficient (Wildman–Crippen LogP) is 7.89. The Morgan fingerprint density at radius 1 is 1.15 bits per heavy atom. The fourth-order valence-electron chi connectivity index (χ4n) is 2.93. The molecule has 0 unspecified atom stereocenters. The first-order valence-corrected chi connectivity index (χ1v) is 10.5. The maximum Gasteiger partial charge on any atom is 0.416 e. The van der Waals surface area contributed by atoms with Crippen molar-refractivity contribution in [2.75, 3.05) is 7.11 Å². The second kappa shape index (κ2) is 10.2. The van der Waals surface area contributed by atoms with Gasteiger partial charge in [0.05, 0.1) is 33.7 Å². The molecular formula is C23H13BrClF3N2O4. The summed E-state index contributed by atoms with van der Waals surface area (Å²) in [6.45, 7) is 0. The molecule has 0 atom stereocenters. The standard InChI is InChI=1S/C23H13BrClF3N2O4/c1-33-21-10-13(8-15(12-29)14-2-5-17(25)6-3-14)9-18(24)22(21)34-20-7-4-16(23(26,27)28)11-19(20)30(31)32/h2-11H,1H3/b15-8+. The summed E-state index contributed by atoms with van der Waals surface area (Å²) in [5, 5.41) is 21.4. The van der Waals surface area contributed by atoms with Crippen LogP contribution in [-0.2, 0) is 6.18 Å². The summed E-state index contributed by atoms with van der Waals surface area (Å²) < 4.78 is 50.1. The number of ether oxygens (including phenoxy) is 2. The van der Waals surface area contributed by atoms with Crippen molar-refractivity contribution in [3.8, 4) is 23.3 Å². The third-order valence-electron chi connectivity index (χ3n) is 4.53. The van der Waals surface area contributed by atoms with Gasteiger partial charge in [0.1, 0.15) is 0 Å². The normalized spacial score (nSPS) is 11.6.